The molecule has 1 N–H and O–H groups in total. The maximum absolute atomic E-state index is 10.1. The van der Waals surface area contributed by atoms with Crippen LogP contribution in [0.3, 0.4) is 0 Å². The van der Waals surface area contributed by atoms with E-state index in [-0.39, 0.29) is 0 Å². The van der Waals surface area contributed by atoms with E-state index in [4.69, 9.17) is 0 Å². The van der Waals surface area contributed by atoms with E-state index < -0.39 is 6.10 Å². The molecule has 0 fully saturated rings. The van der Waals surface area contributed by atoms with Crippen LogP contribution >= 0.6 is 0 Å². The van der Waals surface area contributed by atoms with Crippen LogP contribution in [0.15, 0.2) is 23.9 Å². The summed E-state index contributed by atoms with van der Waals surface area (Å²) in [5, 5.41) is 14.1. The Morgan fingerprint density at radius 3 is 2.93 bits per heavy atom. The number of nitrogens with zero attached hydrogens (tertiary/aromatic N) is 2. The smallest absolute Gasteiger partial charge is 0.117 e. The first-order chi connectivity index (χ1) is 6.79. The minimum atomic E-state index is -0.456. The first-order valence-electron chi connectivity index (χ1n) is 5.14. The fourth-order valence-corrected chi connectivity index (χ4v) is 1.95. The van der Waals surface area contributed by atoms with Gasteiger partial charge in [-0.2, -0.15) is 5.10 Å². The van der Waals surface area contributed by atoms with Crippen molar-refractivity contribution in [1.82, 2.24) is 9.78 Å². The number of hydrogen-bond donors (Lipinski definition) is 1. The maximum Gasteiger partial charge on any atom is 0.117 e. The van der Waals surface area contributed by atoms with E-state index in [2.05, 4.69) is 11.2 Å². The fourth-order valence-electron chi connectivity index (χ4n) is 1.95. The predicted molar refractivity (Wildman–Crippen MR) is 54.7 cm³/mol. The monoisotopic (exact) mass is 192 g/mol. The van der Waals surface area contributed by atoms with Crippen molar-refractivity contribution in [2.24, 2.45) is 7.05 Å². The normalized spacial score (nSPS) is 19.1. The second kappa shape index (κ2) is 3.96. The Balaban J connectivity index is 2.19. The zero-order valence-corrected chi connectivity index (χ0v) is 8.48. The van der Waals surface area contributed by atoms with Gasteiger partial charge in [-0.15, -0.1) is 0 Å². The van der Waals surface area contributed by atoms with E-state index in [1.54, 1.807) is 10.9 Å². The highest BCUT2D eigenvalue weighted by atomic mass is 16.3. The van der Waals surface area contributed by atoms with Crippen molar-refractivity contribution in [3.8, 4) is 0 Å². The molecule has 1 aromatic rings. The second-order valence-corrected chi connectivity index (χ2v) is 3.81. The van der Waals surface area contributed by atoms with Crippen molar-refractivity contribution in [2.45, 2.75) is 31.8 Å². The van der Waals surface area contributed by atoms with Gasteiger partial charge in [0, 0.05) is 13.2 Å². The molecule has 0 saturated heterocycles. The topological polar surface area (TPSA) is 38.0 Å². The molecule has 0 bridgehead atoms. The summed E-state index contributed by atoms with van der Waals surface area (Å²) in [6.07, 6.45) is 8.00. The minimum Gasteiger partial charge on any atom is -0.382 e. The molecule has 1 heterocycles. The molecule has 0 spiro atoms. The lowest BCUT2D eigenvalue weighted by Crippen LogP contribution is -2.09. The van der Waals surface area contributed by atoms with Gasteiger partial charge in [-0.1, -0.05) is 6.08 Å². The minimum absolute atomic E-state index is 0.456. The molecule has 1 atom stereocenters. The lowest BCUT2D eigenvalue weighted by molar-refractivity contribution is 0.198. The molecule has 1 aliphatic carbocycles. The van der Waals surface area contributed by atoms with Crippen molar-refractivity contribution >= 4 is 0 Å². The van der Waals surface area contributed by atoms with Crippen LogP contribution in [0.4, 0.5) is 0 Å². The Hall–Kier alpha value is -1.09. The van der Waals surface area contributed by atoms with Crippen LogP contribution < -0.4 is 0 Å². The molecule has 3 nitrogen and oxygen atoms in total. The Kier molecular flexibility index (Phi) is 2.68. The fraction of sp³-hybridized carbons (Fsp3) is 0.545. The summed E-state index contributed by atoms with van der Waals surface area (Å²) >= 11 is 0. The SMILES string of the molecule is Cn1nccc1C(O)C1=CCCCC1. The number of aliphatic hydroxyl groups is 1. The Labute approximate surface area is 84.1 Å². The predicted octanol–water partition coefficient (Wildman–Crippen LogP) is 1.95. The van der Waals surface area contributed by atoms with Crippen LogP contribution in [0.2, 0.25) is 0 Å². The molecule has 76 valence electrons. The standard InChI is InChI=1S/C11H16N2O/c1-13-10(7-8-12-13)11(14)9-5-3-2-4-6-9/h5,7-8,11,14H,2-4,6H2,1H3. The van der Waals surface area contributed by atoms with Crippen molar-refractivity contribution in [2.75, 3.05) is 0 Å². The van der Waals surface area contributed by atoms with E-state index >= 15 is 0 Å². The van der Waals surface area contributed by atoms with Gasteiger partial charge in [0.1, 0.15) is 6.10 Å². The highest BCUT2D eigenvalue weighted by Crippen LogP contribution is 2.28. The lowest BCUT2D eigenvalue weighted by atomic mass is 9.94. The van der Waals surface area contributed by atoms with Crippen LogP contribution in [-0.4, -0.2) is 14.9 Å². The maximum atomic E-state index is 10.1. The summed E-state index contributed by atoms with van der Waals surface area (Å²) in [5.41, 5.74) is 2.04. The number of aliphatic hydroxyl groups excluding tert-OH is 1. The van der Waals surface area contributed by atoms with Gasteiger partial charge in [-0.05, 0) is 37.3 Å². The molecule has 0 amide bonds. The summed E-state index contributed by atoms with van der Waals surface area (Å²) in [7, 11) is 1.86. The third-order valence-electron chi connectivity index (χ3n) is 2.82. The van der Waals surface area contributed by atoms with Gasteiger partial charge in [0.05, 0.1) is 5.69 Å². The molecular weight excluding hydrogens is 176 g/mol. The van der Waals surface area contributed by atoms with Gasteiger partial charge < -0.3 is 5.11 Å². The third-order valence-corrected chi connectivity index (χ3v) is 2.82. The van der Waals surface area contributed by atoms with Crippen molar-refractivity contribution in [3.63, 3.8) is 0 Å². The molecule has 14 heavy (non-hydrogen) atoms. The Morgan fingerprint density at radius 2 is 2.36 bits per heavy atom. The van der Waals surface area contributed by atoms with Gasteiger partial charge in [0.2, 0.25) is 0 Å². The molecule has 2 rings (SSSR count). The Bertz CT molecular complexity index is 341. The molecule has 0 saturated carbocycles. The summed E-state index contributed by atoms with van der Waals surface area (Å²) in [5.74, 6) is 0. The van der Waals surface area contributed by atoms with Gasteiger partial charge in [0.25, 0.3) is 0 Å². The number of aryl methyl sites for hydroxylation is 1. The first kappa shape index (κ1) is 9.46. The quantitative estimate of drug-likeness (QED) is 0.727. The zero-order valence-electron chi connectivity index (χ0n) is 8.48. The van der Waals surface area contributed by atoms with Crippen molar-refractivity contribution < 1.29 is 5.11 Å². The van der Waals surface area contributed by atoms with E-state index in [0.717, 1.165) is 24.1 Å². The zero-order chi connectivity index (χ0) is 9.97. The van der Waals surface area contributed by atoms with Crippen LogP contribution in [0.5, 0.6) is 0 Å². The van der Waals surface area contributed by atoms with Crippen LogP contribution in [0.25, 0.3) is 0 Å². The van der Waals surface area contributed by atoms with Gasteiger partial charge >= 0.3 is 0 Å². The average Bonchev–Trinajstić information content (AvgIpc) is 2.65. The van der Waals surface area contributed by atoms with E-state index in [0.29, 0.717) is 0 Å². The second-order valence-electron chi connectivity index (χ2n) is 3.81. The molecule has 1 aromatic heterocycles. The average molecular weight is 192 g/mol. The summed E-state index contributed by atoms with van der Waals surface area (Å²) in [6, 6.07) is 1.88. The third kappa shape index (κ3) is 1.73. The molecule has 3 heteroatoms. The molecule has 1 aliphatic rings. The number of hydrogen-bond acceptors (Lipinski definition) is 2. The van der Waals surface area contributed by atoms with Gasteiger partial charge in [-0.3, -0.25) is 4.68 Å². The van der Waals surface area contributed by atoms with E-state index in [9.17, 15) is 5.11 Å². The van der Waals surface area contributed by atoms with E-state index in [1.807, 2.05) is 13.1 Å². The van der Waals surface area contributed by atoms with Crippen molar-refractivity contribution in [1.29, 1.82) is 0 Å². The largest absolute Gasteiger partial charge is 0.382 e. The van der Waals surface area contributed by atoms with Crippen LogP contribution in [0, 0.1) is 0 Å². The van der Waals surface area contributed by atoms with E-state index in [1.165, 1.54) is 12.8 Å². The van der Waals surface area contributed by atoms with Gasteiger partial charge in [0.15, 0.2) is 0 Å². The summed E-state index contributed by atoms with van der Waals surface area (Å²) < 4.78 is 1.74. The first-order valence-corrected chi connectivity index (χ1v) is 5.14. The number of rotatable bonds is 2. The molecular formula is C11H16N2O. The van der Waals surface area contributed by atoms with Crippen LogP contribution in [0.1, 0.15) is 37.5 Å². The lowest BCUT2D eigenvalue weighted by Gasteiger charge is -2.18. The van der Waals surface area contributed by atoms with Gasteiger partial charge in [-0.25, -0.2) is 0 Å². The molecule has 1 unspecified atom stereocenters. The number of allylic oxidation sites excluding steroid dienone is 1. The van der Waals surface area contributed by atoms with Crippen molar-refractivity contribution in [3.05, 3.63) is 29.6 Å². The number of aromatic nitrogens is 2. The summed E-state index contributed by atoms with van der Waals surface area (Å²) in [6.45, 7) is 0. The summed E-state index contributed by atoms with van der Waals surface area (Å²) in [4.78, 5) is 0. The molecule has 0 radical (unpaired) electrons. The highest BCUT2D eigenvalue weighted by molar-refractivity contribution is 5.20. The van der Waals surface area contributed by atoms with Crippen LogP contribution in [-0.2, 0) is 7.05 Å². The Morgan fingerprint density at radius 1 is 1.50 bits per heavy atom. The molecule has 0 aliphatic heterocycles. The molecule has 0 aromatic carbocycles. The highest BCUT2D eigenvalue weighted by Gasteiger charge is 2.17.